The Kier molecular flexibility index (Phi) is 17.0. The van der Waals surface area contributed by atoms with E-state index in [4.69, 9.17) is 0 Å². The summed E-state index contributed by atoms with van der Waals surface area (Å²) in [5.41, 5.74) is 0. The fourth-order valence-corrected chi connectivity index (χ4v) is 4.87. The zero-order valence-electron chi connectivity index (χ0n) is 11.1. The van der Waals surface area contributed by atoms with E-state index < -0.39 is 21.8 Å². The summed E-state index contributed by atoms with van der Waals surface area (Å²) in [4.78, 5) is 10.4. The first-order valence-corrected chi connectivity index (χ1v) is 11.4. The molecule has 0 heterocycles. The van der Waals surface area contributed by atoms with Crippen LogP contribution in [0.5, 0.6) is 0 Å². The average Bonchev–Trinajstić information content (AvgIpc) is 2.22. The van der Waals surface area contributed by atoms with E-state index >= 15 is 0 Å². The molecule has 2 nitrogen and oxygen atoms in total. The first-order valence-electron chi connectivity index (χ1n) is 6.15. The van der Waals surface area contributed by atoms with Crippen molar-refractivity contribution in [1.82, 2.24) is 0 Å². The topological polar surface area (TPSA) is 26.3 Å². The maximum absolute atomic E-state index is 10.4. The quantitative estimate of drug-likeness (QED) is 0.684. The summed E-state index contributed by atoms with van der Waals surface area (Å²) < 4.78 is 9.30. The van der Waals surface area contributed by atoms with Crippen molar-refractivity contribution in [2.75, 3.05) is 6.61 Å². The molecule has 0 amide bonds. The van der Waals surface area contributed by atoms with Crippen LogP contribution in [0.3, 0.4) is 0 Å². The van der Waals surface area contributed by atoms with Gasteiger partial charge in [-0.2, -0.15) is 0 Å². The van der Waals surface area contributed by atoms with Gasteiger partial charge in [-0.1, -0.05) is 6.92 Å². The number of rotatable bonds is 6. The molecule has 0 aromatic rings. The first kappa shape index (κ1) is 17.7. The maximum atomic E-state index is 10.4. The van der Waals surface area contributed by atoms with Gasteiger partial charge in [-0.3, -0.25) is 4.79 Å². The summed E-state index contributed by atoms with van der Waals surface area (Å²) in [5.74, 6) is -0.0880. The fourth-order valence-electron chi connectivity index (χ4n) is 1.19. The van der Waals surface area contributed by atoms with Crippen LogP contribution in [0, 0.1) is 0 Å². The molecule has 0 spiro atoms. The van der Waals surface area contributed by atoms with E-state index in [1.165, 1.54) is 0 Å². The van der Waals surface area contributed by atoms with Gasteiger partial charge in [0.2, 0.25) is 0 Å². The molecule has 0 bridgehead atoms. The van der Waals surface area contributed by atoms with Crippen LogP contribution in [-0.2, 0) is 31.3 Å². The summed E-state index contributed by atoms with van der Waals surface area (Å²) >= 11 is -0.653. The van der Waals surface area contributed by atoms with Crippen LogP contribution in [0.2, 0.25) is 12.4 Å². The van der Waals surface area contributed by atoms with E-state index in [0.717, 1.165) is 6.42 Å². The minimum absolute atomic E-state index is 0.0880. The van der Waals surface area contributed by atoms with Gasteiger partial charge in [0.05, 0.1) is 6.61 Å². The standard InChI is InChI=1S/C6H12O2.3C2H5.Zr/c1-3-5-6(7)8-4-2;3*1-2;/h3-5H2,1-2H3;3*1H2,2H3;. The SMILES string of the molecule is CCCC(=O)OCC.C[CH2][Zr]([CH2]C)[CH2]C. The Bertz CT molecular complexity index is 120. The zero-order chi connectivity index (χ0) is 12.1. The molecular weight excluding hydrogens is 267 g/mol. The van der Waals surface area contributed by atoms with Crippen LogP contribution in [0.25, 0.3) is 0 Å². The van der Waals surface area contributed by atoms with Gasteiger partial charge in [-0.05, 0) is 13.3 Å². The molecule has 0 N–H and O–H groups in total. The second-order valence-corrected chi connectivity index (χ2v) is 12.3. The number of ether oxygens (including phenoxy) is 1. The summed E-state index contributed by atoms with van der Waals surface area (Å²) in [6.45, 7) is 11.3. The summed E-state index contributed by atoms with van der Waals surface area (Å²) in [6.07, 6.45) is 1.42. The summed E-state index contributed by atoms with van der Waals surface area (Å²) in [7, 11) is 0. The molecule has 0 aliphatic carbocycles. The van der Waals surface area contributed by atoms with Gasteiger partial charge in [0.15, 0.2) is 0 Å². The molecule has 0 radical (unpaired) electrons. The third-order valence-corrected chi connectivity index (χ3v) is 9.63. The second kappa shape index (κ2) is 14.4. The third-order valence-electron chi connectivity index (χ3n) is 2.26. The predicted molar refractivity (Wildman–Crippen MR) is 63.0 cm³/mol. The number of hydrogen-bond acceptors (Lipinski definition) is 2. The molecular formula is C12H27O2Zr. The van der Waals surface area contributed by atoms with Crippen LogP contribution in [0.15, 0.2) is 0 Å². The van der Waals surface area contributed by atoms with Crippen molar-refractivity contribution in [2.24, 2.45) is 0 Å². The van der Waals surface area contributed by atoms with Crippen LogP contribution in [-0.4, -0.2) is 12.6 Å². The molecule has 0 fully saturated rings. The van der Waals surface area contributed by atoms with Crippen LogP contribution in [0.4, 0.5) is 0 Å². The van der Waals surface area contributed by atoms with Gasteiger partial charge in [-0.25, -0.2) is 0 Å². The van der Waals surface area contributed by atoms with Gasteiger partial charge in [-0.15, -0.1) is 0 Å². The Labute approximate surface area is 103 Å². The molecule has 15 heavy (non-hydrogen) atoms. The van der Waals surface area contributed by atoms with Gasteiger partial charge >= 0.3 is 60.9 Å². The number of carbonyl (C=O) groups is 1. The Hall–Kier alpha value is 0.353. The number of esters is 1. The average molecular weight is 295 g/mol. The van der Waals surface area contributed by atoms with Crippen molar-refractivity contribution in [1.29, 1.82) is 0 Å². The van der Waals surface area contributed by atoms with E-state index in [9.17, 15) is 4.79 Å². The van der Waals surface area contributed by atoms with Crippen molar-refractivity contribution in [3.8, 4) is 0 Å². The molecule has 0 saturated heterocycles. The van der Waals surface area contributed by atoms with E-state index in [-0.39, 0.29) is 5.97 Å². The Morgan fingerprint density at radius 1 is 1.00 bits per heavy atom. The minimum atomic E-state index is -0.653. The van der Waals surface area contributed by atoms with Crippen molar-refractivity contribution in [2.45, 2.75) is 59.8 Å². The van der Waals surface area contributed by atoms with E-state index in [1.54, 1.807) is 12.4 Å². The summed E-state index contributed by atoms with van der Waals surface area (Å²) in [6, 6.07) is 0. The zero-order valence-corrected chi connectivity index (χ0v) is 13.5. The summed E-state index contributed by atoms with van der Waals surface area (Å²) in [5, 5.41) is 0. The Balaban J connectivity index is 0. The normalized spacial score (nSPS) is 8.87. The molecule has 91 valence electrons. The van der Waals surface area contributed by atoms with Crippen molar-refractivity contribution < 1.29 is 31.3 Å². The molecule has 0 aliphatic rings. The van der Waals surface area contributed by atoms with Crippen molar-refractivity contribution in [3.63, 3.8) is 0 Å². The molecule has 0 saturated carbocycles. The molecule has 0 atom stereocenters. The molecule has 0 aromatic heterocycles. The second-order valence-electron chi connectivity index (χ2n) is 3.37. The number of carbonyl (C=O) groups excluding carboxylic acids is 1. The molecule has 0 aliphatic heterocycles. The van der Waals surface area contributed by atoms with Crippen molar-refractivity contribution >= 4 is 5.97 Å². The third kappa shape index (κ3) is 14.4. The van der Waals surface area contributed by atoms with Gasteiger partial charge in [0.25, 0.3) is 0 Å². The van der Waals surface area contributed by atoms with E-state index in [0.29, 0.717) is 13.0 Å². The van der Waals surface area contributed by atoms with Gasteiger partial charge in [0.1, 0.15) is 0 Å². The molecule has 0 rings (SSSR count). The van der Waals surface area contributed by atoms with E-state index in [2.05, 4.69) is 25.5 Å². The van der Waals surface area contributed by atoms with Crippen LogP contribution in [0.1, 0.15) is 47.5 Å². The molecule has 0 aromatic carbocycles. The Morgan fingerprint density at radius 3 is 1.67 bits per heavy atom. The van der Waals surface area contributed by atoms with Crippen LogP contribution < -0.4 is 0 Å². The van der Waals surface area contributed by atoms with Gasteiger partial charge < -0.3 is 4.74 Å². The Morgan fingerprint density at radius 2 is 1.47 bits per heavy atom. The molecule has 3 heteroatoms. The van der Waals surface area contributed by atoms with Gasteiger partial charge in [0, 0.05) is 6.42 Å². The van der Waals surface area contributed by atoms with E-state index in [1.807, 2.05) is 13.8 Å². The monoisotopic (exact) mass is 293 g/mol. The number of hydrogen-bond donors (Lipinski definition) is 0. The van der Waals surface area contributed by atoms with Crippen LogP contribution >= 0.6 is 0 Å². The molecule has 0 unspecified atom stereocenters. The predicted octanol–water partition coefficient (Wildman–Crippen LogP) is 4.27. The fraction of sp³-hybridized carbons (Fsp3) is 0.917. The van der Waals surface area contributed by atoms with Crippen molar-refractivity contribution in [3.05, 3.63) is 0 Å². The first-order chi connectivity index (χ1) is 7.15.